The summed E-state index contributed by atoms with van der Waals surface area (Å²) >= 11 is 0. The van der Waals surface area contributed by atoms with Gasteiger partial charge in [0.05, 0.1) is 6.61 Å². The topological polar surface area (TPSA) is 77.1 Å². The first-order valence-electron chi connectivity index (χ1n) is 4.43. The summed E-state index contributed by atoms with van der Waals surface area (Å²) in [7, 11) is 1.63. The first kappa shape index (κ1) is 11.3. The van der Waals surface area contributed by atoms with Crippen LogP contribution in [0, 0.1) is 0 Å². The molecule has 5 nitrogen and oxygen atoms in total. The van der Waals surface area contributed by atoms with Gasteiger partial charge >= 0.3 is 0 Å². The molecular formula is C10H14N2O3. The molecule has 1 rings (SSSR count). The summed E-state index contributed by atoms with van der Waals surface area (Å²) in [5.74, 6) is 0.697. The molecule has 0 atom stereocenters. The lowest BCUT2D eigenvalue weighted by molar-refractivity contribution is 0.184. The van der Waals surface area contributed by atoms with E-state index in [-0.39, 0.29) is 12.4 Å². The lowest BCUT2D eigenvalue weighted by atomic mass is 10.2. The third-order valence-electron chi connectivity index (χ3n) is 1.72. The SMILES string of the molecule is COCc1cccc(OCC(N)=NO)c1. The van der Waals surface area contributed by atoms with Crippen LogP contribution in [0.1, 0.15) is 5.56 Å². The maximum atomic E-state index is 8.31. The first-order valence-corrected chi connectivity index (χ1v) is 4.43. The number of methoxy groups -OCH3 is 1. The lowest BCUT2D eigenvalue weighted by Crippen LogP contribution is -2.20. The van der Waals surface area contributed by atoms with Crippen molar-refractivity contribution < 1.29 is 14.7 Å². The summed E-state index contributed by atoms with van der Waals surface area (Å²) in [4.78, 5) is 0. The van der Waals surface area contributed by atoms with Crippen molar-refractivity contribution in [1.29, 1.82) is 0 Å². The van der Waals surface area contributed by atoms with Crippen LogP contribution in [0.25, 0.3) is 0 Å². The summed E-state index contributed by atoms with van der Waals surface area (Å²) in [5, 5.41) is 11.1. The second-order valence-electron chi connectivity index (χ2n) is 2.96. The zero-order chi connectivity index (χ0) is 11.1. The van der Waals surface area contributed by atoms with E-state index in [2.05, 4.69) is 5.16 Å². The van der Waals surface area contributed by atoms with Crippen LogP contribution in [0.5, 0.6) is 5.75 Å². The van der Waals surface area contributed by atoms with Crippen LogP contribution in [0.15, 0.2) is 29.4 Å². The minimum absolute atomic E-state index is 0.0344. The Kier molecular flexibility index (Phi) is 4.43. The number of benzene rings is 1. The zero-order valence-electron chi connectivity index (χ0n) is 8.51. The van der Waals surface area contributed by atoms with Crippen LogP contribution in [0.3, 0.4) is 0 Å². The van der Waals surface area contributed by atoms with Crippen LogP contribution >= 0.6 is 0 Å². The smallest absolute Gasteiger partial charge is 0.177 e. The van der Waals surface area contributed by atoms with E-state index in [0.29, 0.717) is 12.4 Å². The van der Waals surface area contributed by atoms with E-state index in [1.165, 1.54) is 0 Å². The van der Waals surface area contributed by atoms with Gasteiger partial charge in [0, 0.05) is 7.11 Å². The number of nitrogens with two attached hydrogens (primary N) is 1. The molecule has 0 spiro atoms. The number of ether oxygens (including phenoxy) is 2. The Labute approximate surface area is 88.1 Å². The van der Waals surface area contributed by atoms with E-state index < -0.39 is 0 Å². The first-order chi connectivity index (χ1) is 7.26. The van der Waals surface area contributed by atoms with E-state index >= 15 is 0 Å². The summed E-state index contributed by atoms with van der Waals surface area (Å²) in [5.41, 5.74) is 6.28. The molecule has 3 N–H and O–H groups in total. The van der Waals surface area contributed by atoms with Gasteiger partial charge in [0.1, 0.15) is 12.4 Å². The van der Waals surface area contributed by atoms with E-state index in [4.69, 9.17) is 20.4 Å². The summed E-state index contributed by atoms with van der Waals surface area (Å²) in [6.45, 7) is 0.591. The van der Waals surface area contributed by atoms with Gasteiger partial charge in [-0.05, 0) is 17.7 Å². The van der Waals surface area contributed by atoms with Gasteiger partial charge in [0.2, 0.25) is 0 Å². The number of hydrogen-bond donors (Lipinski definition) is 2. The molecule has 0 heterocycles. The standard InChI is InChI=1S/C10H14N2O3/c1-14-6-8-3-2-4-9(5-8)15-7-10(11)12-13/h2-5,13H,6-7H2,1H3,(H2,11,12). The van der Waals surface area contributed by atoms with Gasteiger partial charge in [0.15, 0.2) is 5.84 Å². The molecular weight excluding hydrogens is 196 g/mol. The molecule has 0 bridgehead atoms. The molecule has 15 heavy (non-hydrogen) atoms. The van der Waals surface area contributed by atoms with E-state index in [0.717, 1.165) is 5.56 Å². The maximum Gasteiger partial charge on any atom is 0.177 e. The fourth-order valence-electron chi connectivity index (χ4n) is 1.08. The Morgan fingerprint density at radius 3 is 3.00 bits per heavy atom. The predicted molar refractivity (Wildman–Crippen MR) is 56.1 cm³/mol. The largest absolute Gasteiger partial charge is 0.486 e. The van der Waals surface area contributed by atoms with Crippen LogP contribution in [-0.2, 0) is 11.3 Å². The quantitative estimate of drug-likeness (QED) is 0.328. The Morgan fingerprint density at radius 1 is 1.53 bits per heavy atom. The zero-order valence-corrected chi connectivity index (χ0v) is 8.51. The van der Waals surface area contributed by atoms with Crippen molar-refractivity contribution in [3.05, 3.63) is 29.8 Å². The van der Waals surface area contributed by atoms with Crippen LogP contribution in [0.4, 0.5) is 0 Å². The molecule has 82 valence electrons. The fourth-order valence-corrected chi connectivity index (χ4v) is 1.08. The Morgan fingerprint density at radius 2 is 2.33 bits per heavy atom. The summed E-state index contributed by atoms with van der Waals surface area (Å²) < 4.78 is 10.3. The number of nitrogens with zero attached hydrogens (tertiary/aromatic N) is 1. The Bertz CT molecular complexity index is 339. The van der Waals surface area contributed by atoms with Crippen molar-refractivity contribution in [2.45, 2.75) is 6.61 Å². The Hall–Kier alpha value is -1.75. The molecule has 1 aromatic carbocycles. The van der Waals surface area contributed by atoms with Crippen LogP contribution < -0.4 is 10.5 Å². The van der Waals surface area contributed by atoms with Crippen LogP contribution in [0.2, 0.25) is 0 Å². The van der Waals surface area contributed by atoms with Crippen molar-refractivity contribution >= 4 is 5.84 Å². The molecule has 0 fully saturated rings. The number of rotatable bonds is 5. The molecule has 5 heteroatoms. The highest BCUT2D eigenvalue weighted by Crippen LogP contribution is 2.13. The average molecular weight is 210 g/mol. The van der Waals surface area contributed by atoms with Gasteiger partial charge in [-0.3, -0.25) is 0 Å². The van der Waals surface area contributed by atoms with Crippen molar-refractivity contribution in [2.75, 3.05) is 13.7 Å². The molecule has 0 saturated heterocycles. The number of oxime groups is 1. The molecule has 0 unspecified atom stereocenters. The monoisotopic (exact) mass is 210 g/mol. The van der Waals surface area contributed by atoms with Crippen molar-refractivity contribution in [2.24, 2.45) is 10.9 Å². The highest BCUT2D eigenvalue weighted by molar-refractivity contribution is 5.81. The van der Waals surface area contributed by atoms with E-state index in [9.17, 15) is 0 Å². The van der Waals surface area contributed by atoms with Gasteiger partial charge in [-0.15, -0.1) is 0 Å². The molecule has 1 aromatic rings. The minimum atomic E-state index is 0.0344. The van der Waals surface area contributed by atoms with Gasteiger partial charge in [-0.25, -0.2) is 0 Å². The van der Waals surface area contributed by atoms with Crippen LogP contribution in [-0.4, -0.2) is 24.8 Å². The normalized spacial score (nSPS) is 11.4. The fraction of sp³-hybridized carbons (Fsp3) is 0.300. The molecule has 0 saturated carbocycles. The highest BCUT2D eigenvalue weighted by atomic mass is 16.5. The van der Waals surface area contributed by atoms with Crippen molar-refractivity contribution in [3.8, 4) is 5.75 Å². The number of amidine groups is 1. The third-order valence-corrected chi connectivity index (χ3v) is 1.72. The van der Waals surface area contributed by atoms with E-state index in [1.54, 1.807) is 13.2 Å². The van der Waals surface area contributed by atoms with Gasteiger partial charge in [-0.1, -0.05) is 17.3 Å². The molecule has 0 amide bonds. The summed E-state index contributed by atoms with van der Waals surface area (Å²) in [6, 6.07) is 7.42. The predicted octanol–water partition coefficient (Wildman–Crippen LogP) is 0.958. The molecule has 0 aliphatic heterocycles. The average Bonchev–Trinajstić information content (AvgIpc) is 2.27. The molecule has 0 radical (unpaired) electrons. The maximum absolute atomic E-state index is 8.31. The second-order valence-corrected chi connectivity index (χ2v) is 2.96. The third kappa shape index (κ3) is 3.86. The molecule has 0 aliphatic carbocycles. The number of hydrogen-bond acceptors (Lipinski definition) is 4. The van der Waals surface area contributed by atoms with Gasteiger partial charge < -0.3 is 20.4 Å². The molecule has 0 aliphatic rings. The van der Waals surface area contributed by atoms with Crippen molar-refractivity contribution in [3.63, 3.8) is 0 Å². The lowest BCUT2D eigenvalue weighted by Gasteiger charge is -2.06. The highest BCUT2D eigenvalue weighted by Gasteiger charge is 1.98. The molecule has 0 aromatic heterocycles. The Balaban J connectivity index is 2.57. The minimum Gasteiger partial charge on any atom is -0.486 e. The van der Waals surface area contributed by atoms with Gasteiger partial charge in [0.25, 0.3) is 0 Å². The van der Waals surface area contributed by atoms with E-state index in [1.807, 2.05) is 18.2 Å². The second kappa shape index (κ2) is 5.87. The van der Waals surface area contributed by atoms with Gasteiger partial charge in [-0.2, -0.15) is 0 Å². The van der Waals surface area contributed by atoms with Crippen molar-refractivity contribution in [1.82, 2.24) is 0 Å². The summed E-state index contributed by atoms with van der Waals surface area (Å²) in [6.07, 6.45) is 0.